The molecule has 1 aromatic carbocycles. The molecule has 2 aromatic heterocycles. The average Bonchev–Trinajstić information content (AvgIpc) is 2.98. The van der Waals surface area contributed by atoms with E-state index in [0.717, 1.165) is 3.79 Å². The second-order valence-corrected chi connectivity index (χ2v) is 7.42. The number of nitrogens with one attached hydrogen (secondary N) is 1. The van der Waals surface area contributed by atoms with E-state index < -0.39 is 0 Å². The Hall–Kier alpha value is -1.99. The highest BCUT2D eigenvalue weighted by Gasteiger charge is 2.17. The van der Waals surface area contributed by atoms with Crippen molar-refractivity contribution in [3.63, 3.8) is 0 Å². The van der Waals surface area contributed by atoms with Gasteiger partial charge in [-0.25, -0.2) is 4.98 Å². The lowest BCUT2D eigenvalue weighted by Crippen LogP contribution is -2.31. The molecular weight excluding hydrogens is 378 g/mol. The van der Waals surface area contributed by atoms with Crippen LogP contribution in [0.25, 0.3) is 10.9 Å². The lowest BCUT2D eigenvalue weighted by Gasteiger charge is -2.19. The van der Waals surface area contributed by atoms with Gasteiger partial charge in [0.05, 0.1) is 26.1 Å². The lowest BCUT2D eigenvalue weighted by molar-refractivity contribution is 0.0753. The summed E-state index contributed by atoms with van der Waals surface area (Å²) in [6, 6.07) is 10.8. The Morgan fingerprint density at radius 1 is 1.30 bits per heavy atom. The second-order valence-electron chi connectivity index (χ2n) is 4.95. The molecule has 3 rings (SSSR count). The fourth-order valence-electron chi connectivity index (χ4n) is 2.30. The third-order valence-electron chi connectivity index (χ3n) is 3.46. The van der Waals surface area contributed by atoms with Gasteiger partial charge in [-0.2, -0.15) is 0 Å². The van der Waals surface area contributed by atoms with E-state index in [9.17, 15) is 9.59 Å². The van der Waals surface area contributed by atoms with Gasteiger partial charge in [0, 0.05) is 6.54 Å². The van der Waals surface area contributed by atoms with Crippen LogP contribution in [0.1, 0.15) is 22.4 Å². The smallest absolute Gasteiger partial charge is 0.264 e. The highest BCUT2D eigenvalue weighted by molar-refractivity contribution is 9.11. The lowest BCUT2D eigenvalue weighted by atomic mass is 10.2. The van der Waals surface area contributed by atoms with Gasteiger partial charge in [-0.15, -0.1) is 11.3 Å². The molecule has 1 amide bonds. The summed E-state index contributed by atoms with van der Waals surface area (Å²) in [6.07, 6.45) is 0. The molecule has 0 spiro atoms. The van der Waals surface area contributed by atoms with Crippen molar-refractivity contribution in [3.05, 3.63) is 61.2 Å². The molecule has 0 bridgehead atoms. The minimum Gasteiger partial charge on any atom is -0.331 e. The Bertz CT molecular complexity index is 919. The number of benzene rings is 1. The van der Waals surface area contributed by atoms with Crippen LogP contribution in [0.15, 0.2) is 45.0 Å². The summed E-state index contributed by atoms with van der Waals surface area (Å²) in [4.78, 5) is 34.2. The number of rotatable bonds is 4. The van der Waals surface area contributed by atoms with Crippen LogP contribution in [0.5, 0.6) is 0 Å². The van der Waals surface area contributed by atoms with E-state index >= 15 is 0 Å². The Morgan fingerprint density at radius 3 is 2.78 bits per heavy atom. The summed E-state index contributed by atoms with van der Waals surface area (Å²) >= 11 is 4.75. The van der Waals surface area contributed by atoms with Crippen molar-refractivity contribution >= 4 is 44.1 Å². The van der Waals surface area contributed by atoms with Crippen molar-refractivity contribution in [2.75, 3.05) is 6.54 Å². The third-order valence-corrected chi connectivity index (χ3v) is 5.07. The maximum absolute atomic E-state index is 12.5. The summed E-state index contributed by atoms with van der Waals surface area (Å²) in [5.74, 6) is 0.415. The third kappa shape index (κ3) is 3.35. The quantitative estimate of drug-likeness (QED) is 0.740. The molecule has 0 fully saturated rings. The molecule has 0 radical (unpaired) electrons. The maximum atomic E-state index is 12.5. The minimum atomic E-state index is -0.187. The SMILES string of the molecule is CCN(Cc1nc2ccccc2c(=O)[nH]1)C(=O)c1ccc(Br)s1. The van der Waals surface area contributed by atoms with Gasteiger partial charge >= 0.3 is 0 Å². The van der Waals surface area contributed by atoms with Crippen LogP contribution < -0.4 is 5.56 Å². The summed E-state index contributed by atoms with van der Waals surface area (Å²) in [7, 11) is 0. The number of fused-ring (bicyclic) bond motifs is 1. The second kappa shape index (κ2) is 6.64. The van der Waals surface area contributed by atoms with Crippen LogP contribution in [0.3, 0.4) is 0 Å². The van der Waals surface area contributed by atoms with Crippen LogP contribution >= 0.6 is 27.3 Å². The number of aromatic nitrogens is 2. The van der Waals surface area contributed by atoms with Gasteiger partial charge in [-0.1, -0.05) is 12.1 Å². The summed E-state index contributed by atoms with van der Waals surface area (Å²) in [5.41, 5.74) is 0.446. The molecule has 0 aliphatic rings. The number of H-pyrrole nitrogens is 1. The van der Waals surface area contributed by atoms with Crippen molar-refractivity contribution in [1.29, 1.82) is 0 Å². The predicted octanol–water partition coefficient (Wildman–Crippen LogP) is 3.41. The van der Waals surface area contributed by atoms with Crippen LogP contribution in [-0.4, -0.2) is 27.3 Å². The fourth-order valence-corrected chi connectivity index (χ4v) is 3.66. The zero-order valence-corrected chi connectivity index (χ0v) is 14.8. The van der Waals surface area contributed by atoms with Crippen LogP contribution in [-0.2, 0) is 6.54 Å². The van der Waals surface area contributed by atoms with E-state index in [1.54, 1.807) is 29.2 Å². The number of nitrogens with zero attached hydrogens (tertiary/aromatic N) is 2. The van der Waals surface area contributed by atoms with Gasteiger partial charge < -0.3 is 9.88 Å². The molecule has 0 aliphatic carbocycles. The number of para-hydroxylation sites is 1. The van der Waals surface area contributed by atoms with Gasteiger partial charge in [0.15, 0.2) is 0 Å². The molecular formula is C16H14BrN3O2S. The fraction of sp³-hybridized carbons (Fsp3) is 0.188. The summed E-state index contributed by atoms with van der Waals surface area (Å²) < 4.78 is 0.911. The van der Waals surface area contributed by atoms with E-state index in [1.807, 2.05) is 19.1 Å². The highest BCUT2D eigenvalue weighted by Crippen LogP contribution is 2.23. The number of thiophene rings is 1. The van der Waals surface area contributed by atoms with Gasteiger partial charge in [0.1, 0.15) is 5.82 Å². The summed E-state index contributed by atoms with van der Waals surface area (Å²) in [5, 5.41) is 0.549. The zero-order valence-electron chi connectivity index (χ0n) is 12.4. The number of hydrogen-bond donors (Lipinski definition) is 1. The van der Waals surface area contributed by atoms with Crippen LogP contribution in [0, 0.1) is 0 Å². The van der Waals surface area contributed by atoms with Crippen molar-refractivity contribution in [3.8, 4) is 0 Å². The van der Waals surface area contributed by atoms with Crippen LogP contribution in [0.2, 0.25) is 0 Å². The van der Waals surface area contributed by atoms with Crippen molar-refractivity contribution in [2.45, 2.75) is 13.5 Å². The first kappa shape index (κ1) is 15.9. The monoisotopic (exact) mass is 391 g/mol. The molecule has 3 aromatic rings. The van der Waals surface area contributed by atoms with Gasteiger partial charge in [0.2, 0.25) is 0 Å². The Balaban J connectivity index is 1.90. The van der Waals surface area contributed by atoms with Gasteiger partial charge in [-0.05, 0) is 47.1 Å². The molecule has 5 nitrogen and oxygen atoms in total. The molecule has 118 valence electrons. The topological polar surface area (TPSA) is 66.1 Å². The van der Waals surface area contributed by atoms with E-state index in [1.165, 1.54) is 11.3 Å². The average molecular weight is 392 g/mol. The van der Waals surface area contributed by atoms with E-state index in [0.29, 0.717) is 28.1 Å². The number of halogens is 1. The van der Waals surface area contributed by atoms with Gasteiger partial charge in [-0.3, -0.25) is 9.59 Å². The molecule has 0 aliphatic heterocycles. The number of hydrogen-bond acceptors (Lipinski definition) is 4. The first-order valence-electron chi connectivity index (χ1n) is 7.11. The standard InChI is InChI=1S/C16H14BrN3O2S/c1-2-20(16(22)12-7-8-13(17)23-12)9-14-18-11-6-4-3-5-10(11)15(21)19-14/h3-8H,2,9H2,1H3,(H,18,19,21). The minimum absolute atomic E-state index is 0.0704. The number of carbonyl (C=O) groups excluding carboxylic acids is 1. The largest absolute Gasteiger partial charge is 0.331 e. The van der Waals surface area contributed by atoms with Crippen molar-refractivity contribution in [1.82, 2.24) is 14.9 Å². The predicted molar refractivity (Wildman–Crippen MR) is 94.8 cm³/mol. The Morgan fingerprint density at radius 2 is 2.09 bits per heavy atom. The zero-order chi connectivity index (χ0) is 16.4. The summed E-state index contributed by atoms with van der Waals surface area (Å²) in [6.45, 7) is 2.70. The van der Waals surface area contributed by atoms with E-state index in [2.05, 4.69) is 25.9 Å². The number of aromatic amines is 1. The molecule has 0 atom stereocenters. The number of amides is 1. The molecule has 2 heterocycles. The van der Waals surface area contributed by atoms with Crippen molar-refractivity contribution < 1.29 is 4.79 Å². The normalized spacial score (nSPS) is 10.9. The van der Waals surface area contributed by atoms with E-state index in [-0.39, 0.29) is 18.0 Å². The molecule has 0 saturated heterocycles. The van der Waals surface area contributed by atoms with Gasteiger partial charge in [0.25, 0.3) is 11.5 Å². The molecule has 1 N–H and O–H groups in total. The number of carbonyl (C=O) groups is 1. The Kier molecular flexibility index (Phi) is 4.58. The first-order valence-corrected chi connectivity index (χ1v) is 8.72. The molecule has 0 saturated carbocycles. The highest BCUT2D eigenvalue weighted by atomic mass is 79.9. The molecule has 7 heteroatoms. The molecule has 23 heavy (non-hydrogen) atoms. The Labute approximate surface area is 145 Å². The van der Waals surface area contributed by atoms with Crippen molar-refractivity contribution in [2.24, 2.45) is 0 Å². The van der Waals surface area contributed by atoms with Crippen LogP contribution in [0.4, 0.5) is 0 Å². The maximum Gasteiger partial charge on any atom is 0.264 e. The molecule has 0 unspecified atom stereocenters. The first-order chi connectivity index (χ1) is 11.1. The van der Waals surface area contributed by atoms with E-state index in [4.69, 9.17) is 0 Å².